The van der Waals surface area contributed by atoms with E-state index in [-0.39, 0.29) is 5.56 Å². The predicted molar refractivity (Wildman–Crippen MR) is 79.2 cm³/mol. The van der Waals surface area contributed by atoms with Gasteiger partial charge < -0.3 is 0 Å². The average molecular weight is 295 g/mol. The minimum Gasteiger partial charge on any atom is -0.207 e. The molecule has 0 aliphatic carbocycles. The van der Waals surface area contributed by atoms with Crippen molar-refractivity contribution in [1.82, 2.24) is 0 Å². The first-order valence-electron chi connectivity index (χ1n) is 6.72. The van der Waals surface area contributed by atoms with Gasteiger partial charge in [-0.05, 0) is 35.6 Å². The highest BCUT2D eigenvalue weighted by Gasteiger charge is 2.19. The topological polar surface area (TPSA) is 0 Å². The lowest BCUT2D eigenvalue weighted by Gasteiger charge is -2.14. The molecule has 106 valence electrons. The molecule has 20 heavy (non-hydrogen) atoms. The van der Waals surface area contributed by atoms with Gasteiger partial charge in [-0.3, -0.25) is 0 Å². The summed E-state index contributed by atoms with van der Waals surface area (Å²) >= 11 is 6.23. The standard InChI is InChI=1S/C17H17ClF2/c1-3-11(2)12-7-9-13(10-8-12)17(18)16-14(19)5-4-6-15(16)20/h4-11,17H,3H2,1-2H3. The molecule has 0 aliphatic rings. The Bertz CT molecular complexity index is 558. The maximum absolute atomic E-state index is 13.7. The third-order valence-corrected chi connectivity index (χ3v) is 4.13. The first-order chi connectivity index (χ1) is 9.54. The van der Waals surface area contributed by atoms with E-state index in [1.54, 1.807) is 0 Å². The van der Waals surface area contributed by atoms with Crippen LogP contribution in [0, 0.1) is 11.6 Å². The molecule has 0 aliphatic heterocycles. The number of benzene rings is 2. The van der Waals surface area contributed by atoms with Crippen molar-refractivity contribution in [3.63, 3.8) is 0 Å². The number of hydrogen-bond acceptors (Lipinski definition) is 0. The van der Waals surface area contributed by atoms with Crippen molar-refractivity contribution in [3.8, 4) is 0 Å². The number of hydrogen-bond donors (Lipinski definition) is 0. The minimum absolute atomic E-state index is 0.0922. The van der Waals surface area contributed by atoms with E-state index in [1.165, 1.54) is 23.8 Å². The van der Waals surface area contributed by atoms with Gasteiger partial charge in [-0.25, -0.2) is 8.78 Å². The van der Waals surface area contributed by atoms with E-state index in [4.69, 9.17) is 11.6 Å². The van der Waals surface area contributed by atoms with Crippen LogP contribution in [0.3, 0.4) is 0 Å². The van der Waals surface area contributed by atoms with E-state index in [1.807, 2.05) is 24.3 Å². The molecule has 2 unspecified atom stereocenters. The molecular formula is C17H17ClF2. The summed E-state index contributed by atoms with van der Waals surface area (Å²) in [6, 6.07) is 11.4. The third-order valence-electron chi connectivity index (χ3n) is 3.66. The molecule has 0 N–H and O–H groups in total. The lowest BCUT2D eigenvalue weighted by atomic mass is 9.95. The van der Waals surface area contributed by atoms with Gasteiger partial charge in [-0.15, -0.1) is 11.6 Å². The molecule has 2 atom stereocenters. The summed E-state index contributed by atoms with van der Waals surface area (Å²) in [4.78, 5) is 0. The van der Waals surface area contributed by atoms with Crippen LogP contribution in [0.5, 0.6) is 0 Å². The van der Waals surface area contributed by atoms with Gasteiger partial charge in [0.1, 0.15) is 11.6 Å². The summed E-state index contributed by atoms with van der Waals surface area (Å²) in [6.45, 7) is 4.27. The molecule has 0 fully saturated rings. The molecule has 3 heteroatoms. The highest BCUT2D eigenvalue weighted by Crippen LogP contribution is 2.33. The van der Waals surface area contributed by atoms with Gasteiger partial charge >= 0.3 is 0 Å². The number of rotatable bonds is 4. The Balaban J connectivity index is 2.32. The Morgan fingerprint density at radius 2 is 1.45 bits per heavy atom. The fraction of sp³-hybridized carbons (Fsp3) is 0.294. The Hall–Kier alpha value is -1.41. The monoisotopic (exact) mass is 294 g/mol. The van der Waals surface area contributed by atoms with Crippen molar-refractivity contribution in [1.29, 1.82) is 0 Å². The zero-order valence-corrected chi connectivity index (χ0v) is 12.3. The molecule has 0 nitrogen and oxygen atoms in total. The Kier molecular flexibility index (Phi) is 4.77. The van der Waals surface area contributed by atoms with E-state index >= 15 is 0 Å². The van der Waals surface area contributed by atoms with Gasteiger partial charge in [-0.1, -0.05) is 44.2 Å². The van der Waals surface area contributed by atoms with Gasteiger partial charge in [0, 0.05) is 5.56 Å². The quantitative estimate of drug-likeness (QED) is 0.625. The first kappa shape index (κ1) is 15.0. The Morgan fingerprint density at radius 1 is 0.950 bits per heavy atom. The largest absolute Gasteiger partial charge is 0.207 e. The van der Waals surface area contributed by atoms with Crippen molar-refractivity contribution in [2.75, 3.05) is 0 Å². The van der Waals surface area contributed by atoms with Crippen LogP contribution in [0.4, 0.5) is 8.78 Å². The van der Waals surface area contributed by atoms with Crippen molar-refractivity contribution < 1.29 is 8.78 Å². The molecule has 0 heterocycles. The van der Waals surface area contributed by atoms with Crippen LogP contribution >= 0.6 is 11.6 Å². The normalized spacial score (nSPS) is 14.1. The molecular weight excluding hydrogens is 278 g/mol. The summed E-state index contributed by atoms with van der Waals surface area (Å²) < 4.78 is 27.4. The van der Waals surface area contributed by atoms with Crippen LogP contribution in [0.15, 0.2) is 42.5 Å². The summed E-state index contributed by atoms with van der Waals surface area (Å²) in [7, 11) is 0. The second-order valence-electron chi connectivity index (χ2n) is 4.97. The maximum Gasteiger partial charge on any atom is 0.131 e. The fourth-order valence-electron chi connectivity index (χ4n) is 2.15. The summed E-state index contributed by atoms with van der Waals surface area (Å²) in [5.41, 5.74) is 1.81. The van der Waals surface area contributed by atoms with Gasteiger partial charge in [0.2, 0.25) is 0 Å². The van der Waals surface area contributed by atoms with Crippen molar-refractivity contribution in [2.24, 2.45) is 0 Å². The van der Waals surface area contributed by atoms with Gasteiger partial charge in [0.15, 0.2) is 0 Å². The van der Waals surface area contributed by atoms with E-state index in [2.05, 4.69) is 13.8 Å². The molecule has 2 aromatic carbocycles. The van der Waals surface area contributed by atoms with E-state index in [0.29, 0.717) is 11.5 Å². The zero-order valence-electron chi connectivity index (χ0n) is 11.5. The second-order valence-corrected chi connectivity index (χ2v) is 5.41. The predicted octanol–water partition coefficient (Wildman–Crippen LogP) is 5.81. The molecule has 0 saturated carbocycles. The highest BCUT2D eigenvalue weighted by molar-refractivity contribution is 6.22. The van der Waals surface area contributed by atoms with Crippen LogP contribution < -0.4 is 0 Å². The molecule has 2 aromatic rings. The Morgan fingerprint density at radius 3 is 1.95 bits per heavy atom. The van der Waals surface area contributed by atoms with Crippen LogP contribution in [-0.2, 0) is 0 Å². The lowest BCUT2D eigenvalue weighted by molar-refractivity contribution is 0.559. The van der Waals surface area contributed by atoms with Crippen LogP contribution in [0.2, 0.25) is 0 Å². The summed E-state index contributed by atoms with van der Waals surface area (Å²) in [5.74, 6) is -0.768. The lowest BCUT2D eigenvalue weighted by Crippen LogP contribution is -2.01. The van der Waals surface area contributed by atoms with Gasteiger partial charge in [0.25, 0.3) is 0 Å². The smallest absolute Gasteiger partial charge is 0.131 e. The van der Waals surface area contributed by atoms with E-state index in [9.17, 15) is 8.78 Å². The van der Waals surface area contributed by atoms with Crippen LogP contribution in [0.25, 0.3) is 0 Å². The summed E-state index contributed by atoms with van der Waals surface area (Å²) in [6.07, 6.45) is 1.05. The molecule has 0 saturated heterocycles. The highest BCUT2D eigenvalue weighted by atomic mass is 35.5. The molecule has 2 rings (SSSR count). The molecule has 0 bridgehead atoms. The first-order valence-corrected chi connectivity index (χ1v) is 7.16. The number of alkyl halides is 1. The molecule has 0 aromatic heterocycles. The summed E-state index contributed by atoms with van der Waals surface area (Å²) in [5, 5.41) is -0.817. The third kappa shape index (κ3) is 3.01. The molecule has 0 spiro atoms. The zero-order chi connectivity index (χ0) is 14.7. The number of halogens is 3. The fourth-order valence-corrected chi connectivity index (χ4v) is 2.50. The SMILES string of the molecule is CCC(C)c1ccc(C(Cl)c2c(F)cccc2F)cc1. The van der Waals surface area contributed by atoms with Crippen LogP contribution in [-0.4, -0.2) is 0 Å². The minimum atomic E-state index is -0.817. The van der Waals surface area contributed by atoms with Gasteiger partial charge in [-0.2, -0.15) is 0 Å². The molecule has 0 radical (unpaired) electrons. The van der Waals surface area contributed by atoms with E-state index in [0.717, 1.165) is 6.42 Å². The van der Waals surface area contributed by atoms with Crippen molar-refractivity contribution >= 4 is 11.6 Å². The van der Waals surface area contributed by atoms with E-state index < -0.39 is 17.0 Å². The van der Waals surface area contributed by atoms with Crippen molar-refractivity contribution in [3.05, 3.63) is 70.8 Å². The second kappa shape index (κ2) is 6.36. The molecule has 0 amide bonds. The van der Waals surface area contributed by atoms with Crippen LogP contribution in [0.1, 0.15) is 48.3 Å². The van der Waals surface area contributed by atoms with Crippen molar-refractivity contribution in [2.45, 2.75) is 31.6 Å². The van der Waals surface area contributed by atoms with Gasteiger partial charge in [0.05, 0.1) is 5.38 Å². The maximum atomic E-state index is 13.7. The Labute approximate surface area is 123 Å². The average Bonchev–Trinajstić information content (AvgIpc) is 2.46.